The number of nitrogens with one attached hydrogen (secondary N) is 1. The molecule has 0 unspecified atom stereocenters. The molecule has 0 saturated carbocycles. The van der Waals surface area contributed by atoms with Gasteiger partial charge in [-0.2, -0.15) is 0 Å². The molecule has 1 aromatic carbocycles. The van der Waals surface area contributed by atoms with Crippen LogP contribution < -0.4 is 0 Å². The molecule has 0 atom stereocenters. The van der Waals surface area contributed by atoms with Crippen LogP contribution in [-0.4, -0.2) is 15.1 Å². The van der Waals surface area contributed by atoms with Crippen molar-refractivity contribution < 1.29 is 5.11 Å². The van der Waals surface area contributed by atoms with Crippen LogP contribution in [0.4, 0.5) is 0 Å². The SMILES string of the molecule is OCc1ccc(Cc2cnc[nH]2)cc1. The molecule has 0 aliphatic rings. The van der Waals surface area contributed by atoms with E-state index in [9.17, 15) is 0 Å². The first-order valence-electron chi connectivity index (χ1n) is 4.54. The summed E-state index contributed by atoms with van der Waals surface area (Å²) in [6, 6.07) is 7.91. The summed E-state index contributed by atoms with van der Waals surface area (Å²) >= 11 is 0. The molecule has 14 heavy (non-hydrogen) atoms. The summed E-state index contributed by atoms with van der Waals surface area (Å²) in [5.74, 6) is 0. The van der Waals surface area contributed by atoms with Crippen molar-refractivity contribution in [2.45, 2.75) is 13.0 Å². The number of benzene rings is 1. The Labute approximate surface area is 82.4 Å². The van der Waals surface area contributed by atoms with Crippen LogP contribution in [-0.2, 0) is 13.0 Å². The Hall–Kier alpha value is -1.61. The van der Waals surface area contributed by atoms with Gasteiger partial charge in [0.05, 0.1) is 12.9 Å². The van der Waals surface area contributed by atoms with Crippen molar-refractivity contribution in [3.05, 3.63) is 53.6 Å². The van der Waals surface area contributed by atoms with Crippen LogP contribution in [0.1, 0.15) is 16.8 Å². The Kier molecular flexibility index (Phi) is 2.60. The lowest BCUT2D eigenvalue weighted by Gasteiger charge is -2.00. The van der Waals surface area contributed by atoms with Crippen LogP contribution in [0.2, 0.25) is 0 Å². The van der Waals surface area contributed by atoms with Gasteiger partial charge in [0, 0.05) is 18.3 Å². The molecule has 0 amide bonds. The van der Waals surface area contributed by atoms with Gasteiger partial charge in [0.15, 0.2) is 0 Å². The lowest BCUT2D eigenvalue weighted by atomic mass is 10.1. The third kappa shape index (κ3) is 2.00. The van der Waals surface area contributed by atoms with Crippen molar-refractivity contribution in [2.24, 2.45) is 0 Å². The normalized spacial score (nSPS) is 10.4. The first-order valence-corrected chi connectivity index (χ1v) is 4.54. The lowest BCUT2D eigenvalue weighted by molar-refractivity contribution is 0.282. The van der Waals surface area contributed by atoms with Gasteiger partial charge in [0.1, 0.15) is 0 Å². The van der Waals surface area contributed by atoms with Gasteiger partial charge in [-0.25, -0.2) is 4.98 Å². The molecule has 3 heteroatoms. The highest BCUT2D eigenvalue weighted by molar-refractivity contribution is 5.25. The maximum atomic E-state index is 8.87. The highest BCUT2D eigenvalue weighted by atomic mass is 16.3. The predicted octanol–water partition coefficient (Wildman–Crippen LogP) is 1.49. The summed E-state index contributed by atoms with van der Waals surface area (Å²) in [6.45, 7) is 0.102. The zero-order valence-electron chi connectivity index (χ0n) is 7.77. The second-order valence-electron chi connectivity index (χ2n) is 3.23. The van der Waals surface area contributed by atoms with E-state index in [2.05, 4.69) is 9.97 Å². The molecule has 0 aliphatic heterocycles. The Bertz CT molecular complexity index is 378. The zero-order chi connectivity index (χ0) is 9.80. The van der Waals surface area contributed by atoms with Crippen molar-refractivity contribution in [3.63, 3.8) is 0 Å². The highest BCUT2D eigenvalue weighted by Gasteiger charge is 1.97. The van der Waals surface area contributed by atoms with Gasteiger partial charge in [0.2, 0.25) is 0 Å². The van der Waals surface area contributed by atoms with E-state index in [1.165, 1.54) is 5.56 Å². The molecule has 72 valence electrons. The van der Waals surface area contributed by atoms with E-state index in [1.54, 1.807) is 6.33 Å². The first kappa shape index (κ1) is 8.97. The third-order valence-corrected chi connectivity index (χ3v) is 2.15. The van der Waals surface area contributed by atoms with Crippen LogP contribution in [0, 0.1) is 0 Å². The fourth-order valence-corrected chi connectivity index (χ4v) is 1.36. The minimum atomic E-state index is 0.102. The fraction of sp³-hybridized carbons (Fsp3) is 0.182. The van der Waals surface area contributed by atoms with Crippen molar-refractivity contribution in [1.82, 2.24) is 9.97 Å². The molecule has 0 radical (unpaired) electrons. The van der Waals surface area contributed by atoms with E-state index < -0.39 is 0 Å². The monoisotopic (exact) mass is 188 g/mol. The minimum absolute atomic E-state index is 0.102. The Morgan fingerprint density at radius 3 is 2.43 bits per heavy atom. The summed E-state index contributed by atoms with van der Waals surface area (Å²) in [5, 5.41) is 8.87. The second-order valence-corrected chi connectivity index (χ2v) is 3.23. The number of aliphatic hydroxyl groups excluding tert-OH is 1. The second kappa shape index (κ2) is 4.07. The summed E-state index contributed by atoms with van der Waals surface area (Å²) in [7, 11) is 0. The number of H-pyrrole nitrogens is 1. The molecular weight excluding hydrogens is 176 g/mol. The van der Waals surface area contributed by atoms with Crippen LogP contribution in [0.3, 0.4) is 0 Å². The van der Waals surface area contributed by atoms with E-state index in [0.29, 0.717) is 0 Å². The average Bonchev–Trinajstić information content (AvgIpc) is 2.72. The standard InChI is InChI=1S/C11H12N2O/c14-7-10-3-1-9(2-4-10)5-11-6-12-8-13-11/h1-4,6,8,14H,5,7H2,(H,12,13). The number of aliphatic hydroxyl groups is 1. The summed E-state index contributed by atoms with van der Waals surface area (Å²) in [5.41, 5.74) is 3.26. The van der Waals surface area contributed by atoms with E-state index in [0.717, 1.165) is 17.7 Å². The lowest BCUT2D eigenvalue weighted by Crippen LogP contribution is -1.89. The number of imidazole rings is 1. The summed E-state index contributed by atoms with van der Waals surface area (Å²) in [4.78, 5) is 7.01. The van der Waals surface area contributed by atoms with Gasteiger partial charge in [-0.1, -0.05) is 24.3 Å². The highest BCUT2D eigenvalue weighted by Crippen LogP contribution is 2.08. The first-order chi connectivity index (χ1) is 6.88. The molecule has 2 rings (SSSR count). The van der Waals surface area contributed by atoms with E-state index in [1.807, 2.05) is 30.5 Å². The van der Waals surface area contributed by atoms with Gasteiger partial charge in [-0.05, 0) is 11.1 Å². The molecule has 0 spiro atoms. The topological polar surface area (TPSA) is 48.9 Å². The van der Waals surface area contributed by atoms with Gasteiger partial charge in [-0.3, -0.25) is 0 Å². The molecular formula is C11H12N2O. The van der Waals surface area contributed by atoms with Gasteiger partial charge in [-0.15, -0.1) is 0 Å². The minimum Gasteiger partial charge on any atom is -0.392 e. The molecule has 2 aromatic rings. The van der Waals surface area contributed by atoms with Gasteiger partial charge in [0.25, 0.3) is 0 Å². The Balaban J connectivity index is 2.10. The van der Waals surface area contributed by atoms with Gasteiger partial charge >= 0.3 is 0 Å². The molecule has 0 bridgehead atoms. The summed E-state index contributed by atoms with van der Waals surface area (Å²) < 4.78 is 0. The molecule has 0 saturated heterocycles. The number of nitrogens with zero attached hydrogens (tertiary/aromatic N) is 1. The number of rotatable bonds is 3. The Morgan fingerprint density at radius 2 is 1.86 bits per heavy atom. The quantitative estimate of drug-likeness (QED) is 0.766. The molecule has 1 heterocycles. The van der Waals surface area contributed by atoms with E-state index in [-0.39, 0.29) is 6.61 Å². The predicted molar refractivity (Wildman–Crippen MR) is 53.8 cm³/mol. The molecule has 3 nitrogen and oxygen atoms in total. The number of aromatic nitrogens is 2. The van der Waals surface area contributed by atoms with E-state index >= 15 is 0 Å². The van der Waals surface area contributed by atoms with Crippen LogP contribution in [0.15, 0.2) is 36.8 Å². The fourth-order valence-electron chi connectivity index (χ4n) is 1.36. The molecule has 2 N–H and O–H groups in total. The van der Waals surface area contributed by atoms with Gasteiger partial charge < -0.3 is 10.1 Å². The summed E-state index contributed by atoms with van der Waals surface area (Å²) in [6.07, 6.45) is 4.35. The number of aromatic amines is 1. The third-order valence-electron chi connectivity index (χ3n) is 2.15. The molecule has 1 aromatic heterocycles. The van der Waals surface area contributed by atoms with Crippen LogP contribution in [0.25, 0.3) is 0 Å². The van der Waals surface area contributed by atoms with Crippen LogP contribution in [0.5, 0.6) is 0 Å². The van der Waals surface area contributed by atoms with Crippen molar-refractivity contribution in [1.29, 1.82) is 0 Å². The van der Waals surface area contributed by atoms with Crippen molar-refractivity contribution in [2.75, 3.05) is 0 Å². The molecule has 0 fully saturated rings. The zero-order valence-corrected chi connectivity index (χ0v) is 7.77. The smallest absolute Gasteiger partial charge is 0.0921 e. The number of hydrogen-bond acceptors (Lipinski definition) is 2. The Morgan fingerprint density at radius 1 is 1.14 bits per heavy atom. The maximum Gasteiger partial charge on any atom is 0.0921 e. The largest absolute Gasteiger partial charge is 0.392 e. The van der Waals surface area contributed by atoms with Crippen molar-refractivity contribution >= 4 is 0 Å². The molecule has 0 aliphatic carbocycles. The van der Waals surface area contributed by atoms with E-state index in [4.69, 9.17) is 5.11 Å². The van der Waals surface area contributed by atoms with Crippen LogP contribution >= 0.6 is 0 Å². The maximum absolute atomic E-state index is 8.87. The average molecular weight is 188 g/mol. The number of hydrogen-bond donors (Lipinski definition) is 2. The van der Waals surface area contributed by atoms with Crippen molar-refractivity contribution in [3.8, 4) is 0 Å².